The quantitative estimate of drug-likeness (QED) is 0.819. The average Bonchev–Trinajstić information content (AvgIpc) is 3.08. The van der Waals surface area contributed by atoms with Gasteiger partial charge in [-0.05, 0) is 55.0 Å². The molecule has 0 spiro atoms. The topological polar surface area (TPSA) is 49.6 Å². The van der Waals surface area contributed by atoms with Crippen LogP contribution in [0.1, 0.15) is 32.1 Å². The maximum atomic E-state index is 13.0. The largest absolute Gasteiger partial charge is 0.360 e. The van der Waals surface area contributed by atoms with Crippen LogP contribution in [0.15, 0.2) is 17.5 Å². The summed E-state index contributed by atoms with van der Waals surface area (Å²) >= 11 is 1.79. The molecule has 1 aliphatic heterocycles. The van der Waals surface area contributed by atoms with E-state index in [1.165, 1.54) is 24.3 Å². The molecule has 1 amide bonds. The van der Waals surface area contributed by atoms with Gasteiger partial charge in [0.25, 0.3) is 0 Å². The van der Waals surface area contributed by atoms with Crippen molar-refractivity contribution in [2.45, 2.75) is 38.1 Å². The van der Waals surface area contributed by atoms with Crippen LogP contribution < -0.4 is 10.6 Å². The van der Waals surface area contributed by atoms with E-state index in [0.29, 0.717) is 23.8 Å². The van der Waals surface area contributed by atoms with Crippen molar-refractivity contribution in [2.24, 2.45) is 23.5 Å². The molecule has 1 saturated heterocycles. The van der Waals surface area contributed by atoms with E-state index in [0.717, 1.165) is 39.0 Å². The third kappa shape index (κ3) is 4.26. The lowest BCUT2D eigenvalue weighted by atomic mass is 9.65. The highest BCUT2D eigenvalue weighted by atomic mass is 35.5. The first-order chi connectivity index (χ1) is 11.2. The molecule has 3 fully saturated rings. The van der Waals surface area contributed by atoms with E-state index < -0.39 is 0 Å². The van der Waals surface area contributed by atoms with Crippen LogP contribution in [0.2, 0.25) is 0 Å². The van der Waals surface area contributed by atoms with Gasteiger partial charge in [0.2, 0.25) is 5.91 Å². The number of rotatable bonds is 2. The number of amides is 1. The molecule has 4 nitrogen and oxygen atoms in total. The minimum absolute atomic E-state index is 0. The van der Waals surface area contributed by atoms with Gasteiger partial charge in [0.05, 0.1) is 5.00 Å². The molecule has 2 bridgehead atoms. The summed E-state index contributed by atoms with van der Waals surface area (Å²) in [5, 5.41) is 3.45. The van der Waals surface area contributed by atoms with Gasteiger partial charge in [0.15, 0.2) is 0 Å². The summed E-state index contributed by atoms with van der Waals surface area (Å²) in [5.41, 5.74) is 6.37. The van der Waals surface area contributed by atoms with Crippen LogP contribution in [0.5, 0.6) is 0 Å². The normalized spacial score (nSPS) is 31.7. The van der Waals surface area contributed by atoms with Gasteiger partial charge < -0.3 is 15.5 Å². The minimum atomic E-state index is 0. The van der Waals surface area contributed by atoms with E-state index in [4.69, 9.17) is 5.73 Å². The first kappa shape index (κ1) is 20.8. The van der Waals surface area contributed by atoms with Crippen LogP contribution in [0.4, 0.5) is 5.00 Å². The number of fused-ring (bicyclic) bond motifs is 2. The Balaban J connectivity index is 0.00000113. The van der Waals surface area contributed by atoms with E-state index in [1.54, 1.807) is 11.3 Å². The van der Waals surface area contributed by atoms with Crippen LogP contribution in [-0.4, -0.2) is 43.0 Å². The van der Waals surface area contributed by atoms with Gasteiger partial charge in [-0.15, -0.1) is 36.2 Å². The van der Waals surface area contributed by atoms with E-state index >= 15 is 0 Å². The zero-order valence-electron chi connectivity index (χ0n) is 14.5. The zero-order valence-corrected chi connectivity index (χ0v) is 17.0. The fourth-order valence-electron chi connectivity index (χ4n) is 4.85. The van der Waals surface area contributed by atoms with Gasteiger partial charge in [0.1, 0.15) is 0 Å². The van der Waals surface area contributed by atoms with Gasteiger partial charge in [-0.1, -0.05) is 6.42 Å². The lowest BCUT2D eigenvalue weighted by Gasteiger charge is -2.45. The second kappa shape index (κ2) is 8.94. The molecule has 142 valence electrons. The highest BCUT2D eigenvalue weighted by molar-refractivity contribution is 7.14. The zero-order chi connectivity index (χ0) is 15.8. The van der Waals surface area contributed by atoms with Gasteiger partial charge in [-0.25, -0.2) is 0 Å². The number of thiophene rings is 1. The molecule has 3 aliphatic rings. The Hall–Kier alpha value is -0.490. The molecule has 2 atom stereocenters. The Morgan fingerprint density at radius 2 is 1.72 bits per heavy atom. The Labute approximate surface area is 166 Å². The molecule has 2 aliphatic carbocycles. The lowest BCUT2D eigenvalue weighted by Crippen LogP contribution is -2.53. The van der Waals surface area contributed by atoms with E-state index in [2.05, 4.69) is 27.3 Å². The van der Waals surface area contributed by atoms with Gasteiger partial charge in [-0.3, -0.25) is 4.79 Å². The van der Waals surface area contributed by atoms with Gasteiger partial charge >= 0.3 is 0 Å². The van der Waals surface area contributed by atoms with Crippen molar-refractivity contribution in [3.8, 4) is 0 Å². The van der Waals surface area contributed by atoms with Gasteiger partial charge in [-0.2, -0.15) is 0 Å². The van der Waals surface area contributed by atoms with Crippen molar-refractivity contribution < 1.29 is 4.79 Å². The number of carbonyl (C=O) groups excluding carboxylic acids is 1. The van der Waals surface area contributed by atoms with Crippen LogP contribution in [-0.2, 0) is 4.79 Å². The van der Waals surface area contributed by atoms with Gasteiger partial charge in [0, 0.05) is 38.1 Å². The maximum Gasteiger partial charge on any atom is 0.225 e. The fourth-order valence-corrected chi connectivity index (χ4v) is 5.63. The van der Waals surface area contributed by atoms with E-state index in [1.807, 2.05) is 0 Å². The molecule has 2 heterocycles. The molecule has 25 heavy (non-hydrogen) atoms. The van der Waals surface area contributed by atoms with Crippen molar-refractivity contribution in [3.05, 3.63) is 17.5 Å². The number of carbonyl (C=O) groups is 1. The SMILES string of the molecule is Cl.Cl.NC1C2CCCC1CC(C(=O)N1CCN(c3cccs3)CC1)C2. The van der Waals surface area contributed by atoms with Crippen LogP contribution in [0.25, 0.3) is 0 Å². The third-order valence-corrected chi connectivity index (χ3v) is 7.10. The molecule has 1 aromatic rings. The Kier molecular flexibility index (Phi) is 7.44. The highest BCUT2D eigenvalue weighted by Crippen LogP contribution is 2.42. The van der Waals surface area contributed by atoms with Crippen molar-refractivity contribution in [3.63, 3.8) is 0 Å². The summed E-state index contributed by atoms with van der Waals surface area (Å²) in [6.45, 7) is 3.67. The molecule has 2 N–H and O–H groups in total. The number of piperazine rings is 1. The van der Waals surface area contributed by atoms with E-state index in [9.17, 15) is 4.79 Å². The molecular formula is C18H29Cl2N3OS. The van der Waals surface area contributed by atoms with Crippen molar-refractivity contribution in [1.82, 2.24) is 4.90 Å². The summed E-state index contributed by atoms with van der Waals surface area (Å²) in [4.78, 5) is 17.5. The van der Waals surface area contributed by atoms with Crippen molar-refractivity contribution in [1.29, 1.82) is 0 Å². The number of nitrogens with zero attached hydrogens (tertiary/aromatic N) is 2. The molecule has 2 saturated carbocycles. The fraction of sp³-hybridized carbons (Fsp3) is 0.722. The molecule has 0 aromatic carbocycles. The number of anilines is 1. The first-order valence-electron chi connectivity index (χ1n) is 9.05. The second-order valence-electron chi connectivity index (χ2n) is 7.46. The minimum Gasteiger partial charge on any atom is -0.360 e. The van der Waals surface area contributed by atoms with Crippen molar-refractivity contribution in [2.75, 3.05) is 31.1 Å². The Morgan fingerprint density at radius 1 is 1.08 bits per heavy atom. The highest BCUT2D eigenvalue weighted by Gasteiger charge is 2.41. The third-order valence-electron chi connectivity index (χ3n) is 6.17. The smallest absolute Gasteiger partial charge is 0.225 e. The Morgan fingerprint density at radius 3 is 2.28 bits per heavy atom. The summed E-state index contributed by atoms with van der Waals surface area (Å²) < 4.78 is 0. The second-order valence-corrected chi connectivity index (χ2v) is 8.39. The number of hydrogen-bond donors (Lipinski definition) is 1. The Bertz CT molecular complexity index is 535. The predicted octanol–water partition coefficient (Wildman–Crippen LogP) is 3.39. The number of nitrogens with two attached hydrogens (primary N) is 1. The molecule has 4 rings (SSSR count). The summed E-state index contributed by atoms with van der Waals surface area (Å²) in [6.07, 6.45) is 5.83. The molecule has 2 unspecified atom stereocenters. The molecule has 1 aromatic heterocycles. The monoisotopic (exact) mass is 405 g/mol. The summed E-state index contributed by atoms with van der Waals surface area (Å²) in [5.74, 6) is 1.81. The molecular weight excluding hydrogens is 377 g/mol. The predicted molar refractivity (Wildman–Crippen MR) is 109 cm³/mol. The number of halogens is 2. The average molecular weight is 406 g/mol. The van der Waals surface area contributed by atoms with Crippen LogP contribution >= 0.6 is 36.2 Å². The van der Waals surface area contributed by atoms with Crippen LogP contribution in [0.3, 0.4) is 0 Å². The first-order valence-corrected chi connectivity index (χ1v) is 9.93. The van der Waals surface area contributed by atoms with E-state index in [-0.39, 0.29) is 30.7 Å². The molecule has 0 radical (unpaired) electrons. The van der Waals surface area contributed by atoms with Crippen LogP contribution in [0, 0.1) is 17.8 Å². The molecule has 7 heteroatoms. The lowest BCUT2D eigenvalue weighted by molar-refractivity contribution is -0.138. The number of hydrogen-bond acceptors (Lipinski definition) is 4. The van der Waals surface area contributed by atoms with Crippen molar-refractivity contribution >= 4 is 47.1 Å². The maximum absolute atomic E-state index is 13.0. The summed E-state index contributed by atoms with van der Waals surface area (Å²) in [7, 11) is 0. The summed E-state index contributed by atoms with van der Waals surface area (Å²) in [6, 6.07) is 4.62. The standard InChI is InChI=1S/C18H27N3OS.2ClH/c19-17-13-3-1-4-14(17)12-15(11-13)18(22)21-8-6-20(7-9-21)16-5-2-10-23-16;;/h2,5,10,13-15,17H,1,3-4,6-9,11-12,19H2;2*1H.